The second-order valence-corrected chi connectivity index (χ2v) is 3.31. The Hall–Kier alpha value is -1.06. The molecule has 4 nitrogen and oxygen atoms in total. The van der Waals surface area contributed by atoms with Gasteiger partial charge in [0.25, 0.3) is 0 Å². The van der Waals surface area contributed by atoms with Crippen molar-refractivity contribution in [1.82, 2.24) is 0 Å². The fourth-order valence-corrected chi connectivity index (χ4v) is 1.29. The van der Waals surface area contributed by atoms with Crippen LogP contribution in [0.15, 0.2) is 0 Å². The largest absolute Gasteiger partial charge is 0.481 e. The van der Waals surface area contributed by atoms with Gasteiger partial charge in [-0.1, -0.05) is 19.8 Å². The normalized spacial score (nSPS) is 12.4. The number of carbonyl (C=O) groups is 2. The van der Waals surface area contributed by atoms with Crippen molar-refractivity contribution in [2.45, 2.75) is 39.0 Å². The van der Waals surface area contributed by atoms with Crippen molar-refractivity contribution in [3.05, 3.63) is 6.42 Å². The average Bonchev–Trinajstić information content (AvgIpc) is 2.09. The molecule has 0 saturated heterocycles. The summed E-state index contributed by atoms with van der Waals surface area (Å²) >= 11 is 0. The first-order valence-electron chi connectivity index (χ1n) is 4.85. The summed E-state index contributed by atoms with van der Waals surface area (Å²) in [6.45, 7) is 1.93. The van der Waals surface area contributed by atoms with E-state index in [-0.39, 0.29) is 12.3 Å². The van der Waals surface area contributed by atoms with Gasteiger partial charge in [-0.3, -0.25) is 9.59 Å². The lowest BCUT2D eigenvalue weighted by molar-refractivity contribution is -0.137. The summed E-state index contributed by atoms with van der Waals surface area (Å²) in [5.74, 6) is -1.61. The van der Waals surface area contributed by atoms with Crippen molar-refractivity contribution in [2.75, 3.05) is 0 Å². The molecule has 14 heavy (non-hydrogen) atoms. The second kappa shape index (κ2) is 7.35. The number of aliphatic carboxylic acids is 2. The molecule has 0 aromatic heterocycles. The molecule has 0 amide bonds. The van der Waals surface area contributed by atoms with Crippen molar-refractivity contribution < 1.29 is 19.8 Å². The van der Waals surface area contributed by atoms with Crippen LogP contribution in [-0.2, 0) is 9.59 Å². The third-order valence-electron chi connectivity index (χ3n) is 2.12. The molecule has 81 valence electrons. The van der Waals surface area contributed by atoms with Crippen molar-refractivity contribution in [3.63, 3.8) is 0 Å². The standard InChI is InChI=1S/C10H17O4/c1-2-8(7-10(13)14)5-3-4-6-9(11)12/h7-8H,2-6H2,1H3,(H,11,12)(H,13,14). The molecule has 4 heteroatoms. The van der Waals surface area contributed by atoms with E-state index < -0.39 is 11.9 Å². The summed E-state index contributed by atoms with van der Waals surface area (Å²) in [5, 5.41) is 16.9. The van der Waals surface area contributed by atoms with Crippen LogP contribution in [0, 0.1) is 12.3 Å². The van der Waals surface area contributed by atoms with Gasteiger partial charge in [0, 0.05) is 6.42 Å². The lowest BCUT2D eigenvalue weighted by Crippen LogP contribution is -2.08. The zero-order valence-corrected chi connectivity index (χ0v) is 8.40. The van der Waals surface area contributed by atoms with Gasteiger partial charge in [0.2, 0.25) is 0 Å². The fourth-order valence-electron chi connectivity index (χ4n) is 1.29. The van der Waals surface area contributed by atoms with Gasteiger partial charge >= 0.3 is 11.9 Å². The summed E-state index contributed by atoms with van der Waals surface area (Å²) in [6, 6.07) is 0. The van der Waals surface area contributed by atoms with E-state index in [1.165, 1.54) is 6.42 Å². The highest BCUT2D eigenvalue weighted by atomic mass is 16.4. The molecule has 0 aliphatic rings. The minimum absolute atomic E-state index is 0.0706. The molecule has 0 aromatic rings. The molecular weight excluding hydrogens is 184 g/mol. The van der Waals surface area contributed by atoms with Crippen LogP contribution in [0.25, 0.3) is 0 Å². The van der Waals surface area contributed by atoms with E-state index in [0.29, 0.717) is 6.42 Å². The highest BCUT2D eigenvalue weighted by Crippen LogP contribution is 2.16. The van der Waals surface area contributed by atoms with Gasteiger partial charge in [0.05, 0.1) is 6.42 Å². The zero-order chi connectivity index (χ0) is 11.0. The zero-order valence-electron chi connectivity index (χ0n) is 8.40. The topological polar surface area (TPSA) is 74.6 Å². The molecule has 0 saturated carbocycles. The van der Waals surface area contributed by atoms with Crippen LogP contribution in [0.3, 0.4) is 0 Å². The molecule has 0 bridgehead atoms. The molecule has 2 N–H and O–H groups in total. The Morgan fingerprint density at radius 2 is 1.93 bits per heavy atom. The first-order chi connectivity index (χ1) is 6.56. The molecule has 1 radical (unpaired) electrons. The van der Waals surface area contributed by atoms with Crippen molar-refractivity contribution >= 4 is 11.9 Å². The van der Waals surface area contributed by atoms with Crippen molar-refractivity contribution in [3.8, 4) is 0 Å². The number of carboxylic acids is 2. The van der Waals surface area contributed by atoms with E-state index in [1.54, 1.807) is 0 Å². The summed E-state index contributed by atoms with van der Waals surface area (Å²) < 4.78 is 0. The van der Waals surface area contributed by atoms with Crippen LogP contribution in [0.1, 0.15) is 39.0 Å². The lowest BCUT2D eigenvalue weighted by atomic mass is 9.95. The van der Waals surface area contributed by atoms with Gasteiger partial charge in [-0.25, -0.2) is 0 Å². The maximum absolute atomic E-state index is 10.4. The van der Waals surface area contributed by atoms with E-state index in [2.05, 4.69) is 0 Å². The molecule has 0 fully saturated rings. The highest BCUT2D eigenvalue weighted by molar-refractivity contribution is 5.76. The van der Waals surface area contributed by atoms with E-state index >= 15 is 0 Å². The summed E-state index contributed by atoms with van der Waals surface area (Å²) in [5.41, 5.74) is 0. The minimum Gasteiger partial charge on any atom is -0.481 e. The molecule has 0 rings (SSSR count). The quantitative estimate of drug-likeness (QED) is 0.588. The summed E-state index contributed by atoms with van der Waals surface area (Å²) in [7, 11) is 0. The first kappa shape index (κ1) is 12.9. The third-order valence-corrected chi connectivity index (χ3v) is 2.12. The van der Waals surface area contributed by atoms with Crippen LogP contribution in [0.5, 0.6) is 0 Å². The predicted molar refractivity (Wildman–Crippen MR) is 51.8 cm³/mol. The number of rotatable bonds is 8. The van der Waals surface area contributed by atoms with Gasteiger partial charge in [-0.15, -0.1) is 0 Å². The Morgan fingerprint density at radius 1 is 1.29 bits per heavy atom. The van der Waals surface area contributed by atoms with Crippen LogP contribution >= 0.6 is 0 Å². The van der Waals surface area contributed by atoms with E-state index in [9.17, 15) is 9.59 Å². The molecule has 0 spiro atoms. The predicted octanol–water partition coefficient (Wildman–Crippen LogP) is 1.95. The van der Waals surface area contributed by atoms with E-state index in [4.69, 9.17) is 10.2 Å². The minimum atomic E-state index is -0.893. The van der Waals surface area contributed by atoms with Crippen LogP contribution in [0.2, 0.25) is 0 Å². The fraction of sp³-hybridized carbons (Fsp3) is 0.700. The SMILES string of the molecule is CCC([CH]C(=O)O)CCCCC(=O)O. The molecule has 0 aliphatic carbocycles. The maximum atomic E-state index is 10.4. The Morgan fingerprint density at radius 3 is 2.36 bits per heavy atom. The van der Waals surface area contributed by atoms with Crippen molar-refractivity contribution in [1.29, 1.82) is 0 Å². The van der Waals surface area contributed by atoms with Gasteiger partial charge < -0.3 is 10.2 Å². The Kier molecular flexibility index (Phi) is 6.80. The molecule has 0 aromatic carbocycles. The summed E-state index contributed by atoms with van der Waals surface area (Å²) in [6.07, 6.45) is 4.41. The van der Waals surface area contributed by atoms with Crippen LogP contribution in [0.4, 0.5) is 0 Å². The number of carboxylic acid groups (broad SMARTS) is 2. The van der Waals surface area contributed by atoms with Crippen LogP contribution < -0.4 is 0 Å². The molecule has 0 aliphatic heterocycles. The monoisotopic (exact) mass is 201 g/mol. The first-order valence-corrected chi connectivity index (χ1v) is 4.85. The van der Waals surface area contributed by atoms with E-state index in [1.807, 2.05) is 6.92 Å². The van der Waals surface area contributed by atoms with Gasteiger partial charge in [-0.2, -0.15) is 0 Å². The van der Waals surface area contributed by atoms with E-state index in [0.717, 1.165) is 19.3 Å². The molecule has 1 atom stereocenters. The molecular formula is C10H17O4. The Balaban J connectivity index is 3.52. The molecule has 0 heterocycles. The summed E-state index contributed by atoms with van der Waals surface area (Å²) in [4.78, 5) is 20.5. The number of hydrogen-bond donors (Lipinski definition) is 2. The third kappa shape index (κ3) is 7.58. The Bertz CT molecular complexity index is 189. The Labute approximate surface area is 83.9 Å². The second-order valence-electron chi connectivity index (χ2n) is 3.31. The van der Waals surface area contributed by atoms with Gasteiger partial charge in [0.1, 0.15) is 0 Å². The van der Waals surface area contributed by atoms with Gasteiger partial charge in [-0.05, 0) is 18.8 Å². The number of hydrogen-bond acceptors (Lipinski definition) is 2. The maximum Gasteiger partial charge on any atom is 0.307 e. The smallest absolute Gasteiger partial charge is 0.307 e. The van der Waals surface area contributed by atoms with Crippen LogP contribution in [-0.4, -0.2) is 22.2 Å². The molecule has 1 unspecified atom stereocenters. The van der Waals surface area contributed by atoms with Crippen molar-refractivity contribution in [2.24, 2.45) is 5.92 Å². The lowest BCUT2D eigenvalue weighted by Gasteiger charge is -2.10. The average molecular weight is 201 g/mol. The number of unbranched alkanes of at least 4 members (excludes halogenated alkanes) is 1. The highest BCUT2D eigenvalue weighted by Gasteiger charge is 2.11. The van der Waals surface area contributed by atoms with Gasteiger partial charge in [0.15, 0.2) is 0 Å².